The van der Waals surface area contributed by atoms with E-state index >= 15 is 0 Å². The maximum atomic E-state index is 12.9. The summed E-state index contributed by atoms with van der Waals surface area (Å²) in [5.41, 5.74) is 5.97. The van der Waals surface area contributed by atoms with Crippen LogP contribution in [-0.2, 0) is 0 Å². The number of hydrogen-bond donors (Lipinski definition) is 1. The van der Waals surface area contributed by atoms with Crippen LogP contribution in [0.2, 0.25) is 0 Å². The summed E-state index contributed by atoms with van der Waals surface area (Å²) in [6, 6.07) is 4.63. The van der Waals surface area contributed by atoms with E-state index in [1.165, 1.54) is 16.7 Å². The highest BCUT2D eigenvalue weighted by molar-refractivity contribution is 5.47. The number of halogens is 1. The molecule has 0 aliphatic rings. The summed E-state index contributed by atoms with van der Waals surface area (Å²) in [6.45, 7) is 0. The molecule has 0 aromatic carbocycles. The molecule has 0 amide bonds. The molecule has 2 rings (SSSR count). The summed E-state index contributed by atoms with van der Waals surface area (Å²) >= 11 is 0. The van der Waals surface area contributed by atoms with Gasteiger partial charge in [0.1, 0.15) is 11.5 Å². The highest BCUT2D eigenvalue weighted by Crippen LogP contribution is 2.09. The van der Waals surface area contributed by atoms with Crippen LogP contribution < -0.4 is 5.73 Å². The van der Waals surface area contributed by atoms with Crippen molar-refractivity contribution < 1.29 is 4.39 Å². The normalized spacial score (nSPS) is 10.6. The Hall–Kier alpha value is -1.58. The zero-order valence-corrected chi connectivity index (χ0v) is 5.66. The highest BCUT2D eigenvalue weighted by atomic mass is 19.1. The van der Waals surface area contributed by atoms with Gasteiger partial charge < -0.3 is 5.73 Å². The first-order chi connectivity index (χ1) is 5.29. The van der Waals surface area contributed by atoms with Gasteiger partial charge in [0, 0.05) is 0 Å². The van der Waals surface area contributed by atoms with Crippen molar-refractivity contribution >= 4 is 11.5 Å². The predicted molar refractivity (Wildman–Crippen MR) is 39.6 cm³/mol. The Labute approximate surface area is 62.3 Å². The van der Waals surface area contributed by atoms with Crippen LogP contribution in [0.1, 0.15) is 0 Å². The minimum atomic E-state index is -0.391. The fourth-order valence-corrected chi connectivity index (χ4v) is 1.02. The number of nitrogens with two attached hydrogens (primary N) is 1. The van der Waals surface area contributed by atoms with Gasteiger partial charge in [-0.05, 0) is 12.1 Å². The van der Waals surface area contributed by atoms with Gasteiger partial charge in [0.15, 0.2) is 0 Å². The van der Waals surface area contributed by atoms with Crippen molar-refractivity contribution in [2.45, 2.75) is 0 Å². The van der Waals surface area contributed by atoms with Gasteiger partial charge in [0.25, 0.3) is 0 Å². The van der Waals surface area contributed by atoms with E-state index in [4.69, 9.17) is 5.73 Å². The zero-order valence-electron chi connectivity index (χ0n) is 5.66. The molecule has 11 heavy (non-hydrogen) atoms. The molecule has 2 N–H and O–H groups in total. The van der Waals surface area contributed by atoms with E-state index in [1.54, 1.807) is 12.1 Å². The number of nitrogen functional groups attached to an aromatic ring is 1. The summed E-state index contributed by atoms with van der Waals surface area (Å²) in [5.74, 6) is -0.0735. The Morgan fingerprint density at radius 3 is 3.00 bits per heavy atom. The number of rotatable bonds is 0. The van der Waals surface area contributed by atoms with E-state index in [-0.39, 0.29) is 0 Å². The second-order valence-corrected chi connectivity index (χ2v) is 2.23. The summed E-state index contributed by atoms with van der Waals surface area (Å²) in [6.07, 6.45) is 1.43. The smallest absolute Gasteiger partial charge is 0.201 e. The molecule has 0 bridgehead atoms. The van der Waals surface area contributed by atoms with Gasteiger partial charge in [-0.1, -0.05) is 6.07 Å². The van der Waals surface area contributed by atoms with Crippen LogP contribution in [-0.4, -0.2) is 9.38 Å². The Bertz CT molecular complexity index is 393. The lowest BCUT2D eigenvalue weighted by molar-refractivity contribution is 0.570. The summed E-state index contributed by atoms with van der Waals surface area (Å²) < 4.78 is 14.2. The van der Waals surface area contributed by atoms with E-state index in [0.29, 0.717) is 11.5 Å². The van der Waals surface area contributed by atoms with Crippen LogP contribution in [0.25, 0.3) is 5.65 Å². The zero-order chi connectivity index (χ0) is 7.84. The van der Waals surface area contributed by atoms with Crippen molar-refractivity contribution in [3.8, 4) is 0 Å². The van der Waals surface area contributed by atoms with E-state index < -0.39 is 5.95 Å². The quantitative estimate of drug-likeness (QED) is 0.572. The van der Waals surface area contributed by atoms with E-state index in [9.17, 15) is 4.39 Å². The molecule has 56 valence electrons. The molecule has 0 saturated heterocycles. The number of pyridine rings is 1. The number of anilines is 1. The summed E-state index contributed by atoms with van der Waals surface area (Å²) in [4.78, 5) is 3.88. The standard InChI is InChI=1S/C7H6FN3/c8-5-2-1-3-7-10-4-6(9)11(5)7/h1-4H,9H2. The van der Waals surface area contributed by atoms with Crippen LogP contribution in [0.15, 0.2) is 24.4 Å². The SMILES string of the molecule is Nc1cnc2cccc(F)n12. The minimum Gasteiger partial charge on any atom is -0.383 e. The third kappa shape index (κ3) is 0.756. The van der Waals surface area contributed by atoms with Crippen molar-refractivity contribution in [2.75, 3.05) is 5.73 Å². The number of fused-ring (bicyclic) bond motifs is 1. The van der Waals surface area contributed by atoms with Crippen LogP contribution in [0.4, 0.5) is 10.2 Å². The number of nitrogens with zero attached hydrogens (tertiary/aromatic N) is 2. The lowest BCUT2D eigenvalue weighted by Crippen LogP contribution is -1.96. The van der Waals surface area contributed by atoms with Crippen LogP contribution in [0.3, 0.4) is 0 Å². The first kappa shape index (κ1) is 6.15. The average molecular weight is 151 g/mol. The van der Waals surface area contributed by atoms with Crippen molar-refractivity contribution in [3.05, 3.63) is 30.3 Å². The second kappa shape index (κ2) is 1.95. The first-order valence-electron chi connectivity index (χ1n) is 3.16. The molecule has 4 heteroatoms. The number of aromatic nitrogens is 2. The molecule has 3 nitrogen and oxygen atoms in total. The molecule has 2 aromatic heterocycles. The van der Waals surface area contributed by atoms with Crippen LogP contribution in [0.5, 0.6) is 0 Å². The lowest BCUT2D eigenvalue weighted by atomic mass is 10.5. The molecule has 0 spiro atoms. The van der Waals surface area contributed by atoms with Crippen molar-refractivity contribution in [2.24, 2.45) is 0 Å². The van der Waals surface area contributed by atoms with Gasteiger partial charge in [-0.2, -0.15) is 4.39 Å². The minimum absolute atomic E-state index is 0.318. The van der Waals surface area contributed by atoms with Crippen molar-refractivity contribution in [1.82, 2.24) is 9.38 Å². The molecule has 0 unspecified atom stereocenters. The molecule has 0 saturated carbocycles. The molecular weight excluding hydrogens is 145 g/mol. The van der Waals surface area contributed by atoms with E-state index in [1.807, 2.05) is 0 Å². The largest absolute Gasteiger partial charge is 0.383 e. The highest BCUT2D eigenvalue weighted by Gasteiger charge is 2.01. The van der Waals surface area contributed by atoms with Gasteiger partial charge in [-0.3, -0.25) is 4.40 Å². The van der Waals surface area contributed by atoms with Gasteiger partial charge in [0.05, 0.1) is 6.20 Å². The van der Waals surface area contributed by atoms with E-state index in [0.717, 1.165) is 0 Å². The summed E-state index contributed by atoms with van der Waals surface area (Å²) in [7, 11) is 0. The topological polar surface area (TPSA) is 43.3 Å². The molecule has 0 atom stereocenters. The predicted octanol–water partition coefficient (Wildman–Crippen LogP) is 1.06. The van der Waals surface area contributed by atoms with Gasteiger partial charge in [-0.25, -0.2) is 4.98 Å². The maximum absolute atomic E-state index is 12.9. The molecule has 2 aromatic rings. The Balaban J connectivity index is 2.96. The first-order valence-corrected chi connectivity index (χ1v) is 3.16. The van der Waals surface area contributed by atoms with Gasteiger partial charge >= 0.3 is 0 Å². The van der Waals surface area contributed by atoms with Gasteiger partial charge in [0.2, 0.25) is 5.95 Å². The fourth-order valence-electron chi connectivity index (χ4n) is 1.02. The molecule has 2 heterocycles. The molecule has 0 fully saturated rings. The number of hydrogen-bond acceptors (Lipinski definition) is 2. The Morgan fingerprint density at radius 2 is 2.27 bits per heavy atom. The van der Waals surface area contributed by atoms with Crippen LogP contribution in [0, 0.1) is 5.95 Å². The molecular formula is C7H6FN3. The average Bonchev–Trinajstić information content (AvgIpc) is 2.34. The van der Waals surface area contributed by atoms with Gasteiger partial charge in [-0.15, -0.1) is 0 Å². The fraction of sp³-hybridized carbons (Fsp3) is 0. The molecule has 0 radical (unpaired) electrons. The van der Waals surface area contributed by atoms with Crippen molar-refractivity contribution in [3.63, 3.8) is 0 Å². The molecule has 0 aliphatic heterocycles. The Kier molecular flexibility index (Phi) is 1.09. The molecule has 0 aliphatic carbocycles. The lowest BCUT2D eigenvalue weighted by Gasteiger charge is -1.95. The van der Waals surface area contributed by atoms with Crippen molar-refractivity contribution in [1.29, 1.82) is 0 Å². The van der Waals surface area contributed by atoms with E-state index in [2.05, 4.69) is 4.98 Å². The number of imidazole rings is 1. The third-order valence-corrected chi connectivity index (χ3v) is 1.51. The summed E-state index contributed by atoms with van der Waals surface area (Å²) in [5, 5.41) is 0. The third-order valence-electron chi connectivity index (χ3n) is 1.51. The van der Waals surface area contributed by atoms with Crippen LogP contribution >= 0.6 is 0 Å². The monoisotopic (exact) mass is 151 g/mol. The second-order valence-electron chi connectivity index (χ2n) is 2.23. The Morgan fingerprint density at radius 1 is 1.45 bits per heavy atom. The maximum Gasteiger partial charge on any atom is 0.201 e.